The fourth-order valence-corrected chi connectivity index (χ4v) is 1.87. The number of hydrogen-bond acceptors (Lipinski definition) is 2. The molecule has 0 aliphatic rings. The van der Waals surface area contributed by atoms with Gasteiger partial charge in [0.05, 0.1) is 11.3 Å². The molecule has 0 spiro atoms. The van der Waals surface area contributed by atoms with E-state index in [1.54, 1.807) is 24.3 Å². The summed E-state index contributed by atoms with van der Waals surface area (Å²) >= 11 is 5.65. The van der Waals surface area contributed by atoms with E-state index < -0.39 is 17.7 Å². The fourth-order valence-electron chi connectivity index (χ4n) is 1.69. The second kappa shape index (κ2) is 6.37. The van der Waals surface area contributed by atoms with Crippen molar-refractivity contribution in [2.75, 3.05) is 5.32 Å². The topological polar surface area (TPSA) is 66.4 Å². The van der Waals surface area contributed by atoms with Crippen molar-refractivity contribution in [2.45, 2.75) is 5.88 Å². The van der Waals surface area contributed by atoms with Gasteiger partial charge in [0.15, 0.2) is 0 Å². The number of nitrogens with one attached hydrogen (secondary N) is 1. The maximum Gasteiger partial charge on any atom is 0.335 e. The monoisotopic (exact) mass is 307 g/mol. The quantitative estimate of drug-likeness (QED) is 0.849. The average molecular weight is 308 g/mol. The van der Waals surface area contributed by atoms with Gasteiger partial charge in [-0.1, -0.05) is 12.1 Å². The molecule has 6 heteroatoms. The van der Waals surface area contributed by atoms with Crippen LogP contribution in [-0.2, 0) is 5.88 Å². The molecule has 2 N–H and O–H groups in total. The minimum atomic E-state index is -1.20. The lowest BCUT2D eigenvalue weighted by molar-refractivity contribution is 0.0696. The molecule has 0 unspecified atom stereocenters. The van der Waals surface area contributed by atoms with Crippen LogP contribution in [0.25, 0.3) is 0 Å². The number of anilines is 1. The van der Waals surface area contributed by atoms with Crippen LogP contribution in [0.1, 0.15) is 26.3 Å². The molecule has 21 heavy (non-hydrogen) atoms. The van der Waals surface area contributed by atoms with Gasteiger partial charge in [0.1, 0.15) is 5.82 Å². The Morgan fingerprint density at radius 1 is 1.10 bits per heavy atom. The predicted molar refractivity (Wildman–Crippen MR) is 77.3 cm³/mol. The van der Waals surface area contributed by atoms with E-state index >= 15 is 0 Å². The van der Waals surface area contributed by atoms with Gasteiger partial charge in [0.2, 0.25) is 0 Å². The number of halogens is 2. The standard InChI is InChI=1S/C15H11ClFNO3/c16-8-9-1-3-10(4-2-9)14(19)18-13-7-11(15(20)21)5-6-12(13)17/h1-7H,8H2,(H,18,19)(H,20,21). The van der Waals surface area contributed by atoms with Gasteiger partial charge < -0.3 is 10.4 Å². The van der Waals surface area contributed by atoms with Gasteiger partial charge >= 0.3 is 5.97 Å². The highest BCUT2D eigenvalue weighted by molar-refractivity contribution is 6.17. The molecule has 2 rings (SSSR count). The van der Waals surface area contributed by atoms with Crippen LogP contribution in [0.5, 0.6) is 0 Å². The van der Waals surface area contributed by atoms with Crippen molar-refractivity contribution in [3.05, 3.63) is 65.0 Å². The molecule has 0 radical (unpaired) electrons. The summed E-state index contributed by atoms with van der Waals surface area (Å²) in [5.41, 5.74) is 0.891. The second-order valence-corrected chi connectivity index (χ2v) is 4.55. The first-order chi connectivity index (χ1) is 10.0. The Morgan fingerprint density at radius 3 is 2.29 bits per heavy atom. The molecule has 2 aromatic carbocycles. The number of rotatable bonds is 4. The van der Waals surface area contributed by atoms with Gasteiger partial charge in [-0.15, -0.1) is 11.6 Å². The summed E-state index contributed by atoms with van der Waals surface area (Å²) in [5, 5.41) is 11.2. The number of carboxylic acids is 1. The van der Waals surface area contributed by atoms with Crippen LogP contribution < -0.4 is 5.32 Å². The van der Waals surface area contributed by atoms with Crippen LogP contribution in [0.15, 0.2) is 42.5 Å². The lowest BCUT2D eigenvalue weighted by Crippen LogP contribution is -2.13. The van der Waals surface area contributed by atoms with Crippen LogP contribution in [0.2, 0.25) is 0 Å². The van der Waals surface area contributed by atoms with Crippen molar-refractivity contribution >= 4 is 29.2 Å². The Bertz CT molecular complexity index is 686. The molecular formula is C15H11ClFNO3. The number of hydrogen-bond donors (Lipinski definition) is 2. The number of carbonyl (C=O) groups excluding carboxylic acids is 1. The van der Waals surface area contributed by atoms with Gasteiger partial charge in [-0.2, -0.15) is 0 Å². The molecule has 0 saturated heterocycles. The summed E-state index contributed by atoms with van der Waals surface area (Å²) in [7, 11) is 0. The largest absolute Gasteiger partial charge is 0.478 e. The zero-order chi connectivity index (χ0) is 15.4. The minimum absolute atomic E-state index is 0.107. The first-order valence-electron chi connectivity index (χ1n) is 6.00. The number of carboxylic acid groups (broad SMARTS) is 1. The lowest BCUT2D eigenvalue weighted by atomic mass is 10.1. The molecule has 0 heterocycles. The van der Waals surface area contributed by atoms with Crippen LogP contribution in [0.4, 0.5) is 10.1 Å². The van der Waals surface area contributed by atoms with Crippen LogP contribution in [-0.4, -0.2) is 17.0 Å². The Labute approximate surface area is 125 Å². The van der Waals surface area contributed by atoms with Crippen molar-refractivity contribution in [1.82, 2.24) is 0 Å². The Hall–Kier alpha value is -2.40. The van der Waals surface area contributed by atoms with Gasteiger partial charge in [-0.3, -0.25) is 4.79 Å². The van der Waals surface area contributed by atoms with Crippen LogP contribution >= 0.6 is 11.6 Å². The summed E-state index contributed by atoms with van der Waals surface area (Å²) in [6.07, 6.45) is 0. The molecule has 0 aliphatic carbocycles. The summed E-state index contributed by atoms with van der Waals surface area (Å²) in [6.45, 7) is 0. The van der Waals surface area contributed by atoms with Gasteiger partial charge in [-0.05, 0) is 35.9 Å². The molecule has 0 fully saturated rings. The maximum atomic E-state index is 13.6. The molecular weight excluding hydrogens is 297 g/mol. The molecule has 4 nitrogen and oxygen atoms in total. The van der Waals surface area contributed by atoms with E-state index in [-0.39, 0.29) is 11.3 Å². The highest BCUT2D eigenvalue weighted by Crippen LogP contribution is 2.18. The van der Waals surface area contributed by atoms with E-state index in [1.165, 1.54) is 0 Å². The van der Waals surface area contributed by atoms with E-state index in [2.05, 4.69) is 5.32 Å². The summed E-state index contributed by atoms with van der Waals surface area (Å²) < 4.78 is 13.6. The van der Waals surface area contributed by atoms with Crippen molar-refractivity contribution in [3.8, 4) is 0 Å². The van der Waals surface area contributed by atoms with Crippen LogP contribution in [0, 0.1) is 5.82 Å². The summed E-state index contributed by atoms with van der Waals surface area (Å²) in [5.74, 6) is -2.10. The maximum absolute atomic E-state index is 13.6. The molecule has 0 saturated carbocycles. The zero-order valence-electron chi connectivity index (χ0n) is 10.8. The highest BCUT2D eigenvalue weighted by atomic mass is 35.5. The summed E-state index contributed by atoms with van der Waals surface area (Å²) in [6, 6.07) is 9.69. The smallest absolute Gasteiger partial charge is 0.335 e. The first kappa shape index (κ1) is 15.0. The zero-order valence-corrected chi connectivity index (χ0v) is 11.5. The third-order valence-electron chi connectivity index (χ3n) is 2.83. The van der Waals surface area contributed by atoms with Crippen molar-refractivity contribution in [3.63, 3.8) is 0 Å². The Morgan fingerprint density at radius 2 is 1.71 bits per heavy atom. The van der Waals surface area contributed by atoms with Crippen molar-refractivity contribution in [2.24, 2.45) is 0 Å². The number of amides is 1. The predicted octanol–water partition coefficient (Wildman–Crippen LogP) is 3.52. The lowest BCUT2D eigenvalue weighted by Gasteiger charge is -2.08. The molecule has 0 bridgehead atoms. The van der Waals surface area contributed by atoms with E-state index in [4.69, 9.17) is 16.7 Å². The third kappa shape index (κ3) is 3.58. The second-order valence-electron chi connectivity index (χ2n) is 4.28. The molecule has 0 aromatic heterocycles. The van der Waals surface area contributed by atoms with Gasteiger partial charge in [0, 0.05) is 11.4 Å². The van der Waals surface area contributed by atoms with E-state index in [0.717, 1.165) is 23.8 Å². The van der Waals surface area contributed by atoms with Crippen molar-refractivity contribution < 1.29 is 19.1 Å². The third-order valence-corrected chi connectivity index (χ3v) is 3.14. The number of aromatic carboxylic acids is 1. The number of carbonyl (C=O) groups is 2. The van der Waals surface area contributed by atoms with Gasteiger partial charge in [-0.25, -0.2) is 9.18 Å². The van der Waals surface area contributed by atoms with E-state index in [0.29, 0.717) is 11.4 Å². The summed E-state index contributed by atoms with van der Waals surface area (Å²) in [4.78, 5) is 22.8. The van der Waals surface area contributed by atoms with Crippen molar-refractivity contribution in [1.29, 1.82) is 0 Å². The number of alkyl halides is 1. The SMILES string of the molecule is O=C(O)c1ccc(F)c(NC(=O)c2ccc(CCl)cc2)c1. The average Bonchev–Trinajstić information content (AvgIpc) is 2.49. The van der Waals surface area contributed by atoms with Gasteiger partial charge in [0.25, 0.3) is 5.91 Å². The van der Waals surface area contributed by atoms with Crippen LogP contribution in [0.3, 0.4) is 0 Å². The normalized spacial score (nSPS) is 10.2. The molecule has 108 valence electrons. The molecule has 0 atom stereocenters. The van der Waals surface area contributed by atoms with E-state index in [1.807, 2.05) is 0 Å². The van der Waals surface area contributed by atoms with E-state index in [9.17, 15) is 14.0 Å². The number of benzene rings is 2. The molecule has 2 aromatic rings. The highest BCUT2D eigenvalue weighted by Gasteiger charge is 2.12. The Balaban J connectivity index is 2.22. The molecule has 0 aliphatic heterocycles. The molecule has 1 amide bonds. The fraction of sp³-hybridized carbons (Fsp3) is 0.0667. The minimum Gasteiger partial charge on any atom is -0.478 e. The Kier molecular flexibility index (Phi) is 4.55. The first-order valence-corrected chi connectivity index (χ1v) is 6.54.